The van der Waals surface area contributed by atoms with Crippen LogP contribution >= 0.6 is 22.9 Å². The molecule has 1 heterocycles. The third-order valence-electron chi connectivity index (χ3n) is 6.43. The molecule has 0 radical (unpaired) electrons. The number of hydrogen-bond donors (Lipinski definition) is 2. The fourth-order valence-electron chi connectivity index (χ4n) is 4.74. The number of amides is 2. The van der Waals surface area contributed by atoms with Crippen molar-refractivity contribution < 1.29 is 18.7 Å². The standard InChI is InChI=1S/C21H23ClFN3O3S/c1-13-9-20(25-18(27)10-29-14-2-3-15(22)16(23)8-14)4-6-21(13,7-5-20)26-19(28)17-11-30-12-24-17/h2-3,8,11-13H,4-7,9-10H2,1H3,(H,25,27)(H,26,28). The lowest BCUT2D eigenvalue weighted by molar-refractivity contribution is -0.127. The average molecular weight is 452 g/mol. The summed E-state index contributed by atoms with van der Waals surface area (Å²) in [5, 5.41) is 8.12. The number of carbonyl (C=O) groups is 2. The van der Waals surface area contributed by atoms with Crippen LogP contribution in [0, 0.1) is 11.7 Å². The zero-order valence-corrected chi connectivity index (χ0v) is 18.1. The first kappa shape index (κ1) is 21.1. The summed E-state index contributed by atoms with van der Waals surface area (Å²) in [6, 6.07) is 4.09. The highest BCUT2D eigenvalue weighted by atomic mass is 35.5. The van der Waals surface area contributed by atoms with Gasteiger partial charge in [-0.15, -0.1) is 11.3 Å². The Morgan fingerprint density at radius 1 is 1.30 bits per heavy atom. The number of ether oxygens (including phenoxy) is 1. The second-order valence-corrected chi connectivity index (χ2v) is 9.41. The molecule has 2 N–H and O–H groups in total. The number of nitrogens with one attached hydrogen (secondary N) is 2. The number of halogens is 2. The highest BCUT2D eigenvalue weighted by molar-refractivity contribution is 7.07. The monoisotopic (exact) mass is 451 g/mol. The summed E-state index contributed by atoms with van der Waals surface area (Å²) in [6.45, 7) is 1.93. The molecule has 1 aromatic carbocycles. The number of benzene rings is 1. The van der Waals surface area contributed by atoms with E-state index in [4.69, 9.17) is 16.3 Å². The van der Waals surface area contributed by atoms with Gasteiger partial charge >= 0.3 is 0 Å². The predicted octanol–water partition coefficient (Wildman–Crippen LogP) is 3.95. The van der Waals surface area contributed by atoms with Gasteiger partial charge in [0.05, 0.1) is 10.5 Å². The van der Waals surface area contributed by atoms with E-state index in [1.54, 1.807) is 10.9 Å². The van der Waals surface area contributed by atoms with Gasteiger partial charge in [-0.3, -0.25) is 9.59 Å². The molecule has 30 heavy (non-hydrogen) atoms. The van der Waals surface area contributed by atoms with E-state index in [9.17, 15) is 14.0 Å². The molecule has 9 heteroatoms. The minimum atomic E-state index is -0.586. The van der Waals surface area contributed by atoms with E-state index >= 15 is 0 Å². The summed E-state index contributed by atoms with van der Waals surface area (Å²) >= 11 is 7.06. The maximum absolute atomic E-state index is 13.5. The van der Waals surface area contributed by atoms with Crippen molar-refractivity contribution in [2.75, 3.05) is 6.61 Å². The molecule has 3 fully saturated rings. The lowest BCUT2D eigenvalue weighted by atomic mass is 9.56. The Hall–Kier alpha value is -2.19. The van der Waals surface area contributed by atoms with Crippen LogP contribution in [-0.2, 0) is 4.79 Å². The van der Waals surface area contributed by atoms with Crippen molar-refractivity contribution in [1.29, 1.82) is 0 Å². The molecule has 3 aliphatic rings. The summed E-state index contributed by atoms with van der Waals surface area (Å²) in [5.41, 5.74) is 1.55. The molecule has 0 spiro atoms. The quantitative estimate of drug-likeness (QED) is 0.696. The van der Waals surface area contributed by atoms with Gasteiger partial charge in [0.15, 0.2) is 6.61 Å². The highest BCUT2D eigenvalue weighted by Crippen LogP contribution is 2.50. The van der Waals surface area contributed by atoms with Crippen LogP contribution in [0.1, 0.15) is 49.5 Å². The molecule has 1 atom stereocenters. The van der Waals surface area contributed by atoms with Crippen molar-refractivity contribution in [3.05, 3.63) is 45.6 Å². The van der Waals surface area contributed by atoms with Crippen molar-refractivity contribution in [2.45, 2.75) is 50.1 Å². The van der Waals surface area contributed by atoms with Crippen LogP contribution in [0.5, 0.6) is 5.75 Å². The van der Waals surface area contributed by atoms with Gasteiger partial charge in [0.2, 0.25) is 0 Å². The van der Waals surface area contributed by atoms with E-state index in [0.29, 0.717) is 5.69 Å². The summed E-state index contributed by atoms with van der Waals surface area (Å²) < 4.78 is 18.9. The summed E-state index contributed by atoms with van der Waals surface area (Å²) in [5.74, 6) is -0.482. The molecule has 160 valence electrons. The van der Waals surface area contributed by atoms with E-state index in [1.165, 1.54) is 23.5 Å². The van der Waals surface area contributed by atoms with Gasteiger partial charge in [0.1, 0.15) is 17.3 Å². The van der Waals surface area contributed by atoms with Crippen LogP contribution in [0.15, 0.2) is 29.1 Å². The smallest absolute Gasteiger partial charge is 0.271 e. The van der Waals surface area contributed by atoms with Crippen LogP contribution in [0.3, 0.4) is 0 Å². The molecule has 2 aromatic rings. The Balaban J connectivity index is 1.34. The fraction of sp³-hybridized carbons (Fsp3) is 0.476. The molecule has 0 aliphatic heterocycles. The second kappa shape index (κ2) is 8.15. The number of hydrogen-bond acceptors (Lipinski definition) is 5. The average Bonchev–Trinajstić information content (AvgIpc) is 3.25. The van der Waals surface area contributed by atoms with Crippen molar-refractivity contribution in [3.8, 4) is 5.75 Å². The van der Waals surface area contributed by atoms with Crippen LogP contribution in [-0.4, -0.2) is 34.5 Å². The third kappa shape index (κ3) is 4.16. The van der Waals surface area contributed by atoms with Gasteiger partial charge in [-0.25, -0.2) is 9.37 Å². The highest BCUT2D eigenvalue weighted by Gasteiger charge is 2.54. The first-order valence-electron chi connectivity index (χ1n) is 9.90. The second-order valence-electron chi connectivity index (χ2n) is 8.28. The molecule has 2 amide bonds. The molecule has 3 saturated carbocycles. The van der Waals surface area contributed by atoms with E-state index < -0.39 is 5.82 Å². The molecular weight excluding hydrogens is 429 g/mol. The first-order chi connectivity index (χ1) is 14.3. The topological polar surface area (TPSA) is 80.3 Å². The van der Waals surface area contributed by atoms with Crippen LogP contribution < -0.4 is 15.4 Å². The number of carbonyl (C=O) groups excluding carboxylic acids is 2. The zero-order valence-electron chi connectivity index (χ0n) is 16.5. The summed E-state index contributed by atoms with van der Waals surface area (Å²) in [4.78, 5) is 29.1. The van der Waals surface area contributed by atoms with Gasteiger partial charge in [0, 0.05) is 22.5 Å². The van der Waals surface area contributed by atoms with Crippen molar-refractivity contribution in [1.82, 2.24) is 15.6 Å². The molecule has 2 bridgehead atoms. The third-order valence-corrected chi connectivity index (χ3v) is 7.33. The van der Waals surface area contributed by atoms with Gasteiger partial charge in [-0.2, -0.15) is 0 Å². The Bertz CT molecular complexity index is 945. The maximum Gasteiger partial charge on any atom is 0.271 e. The number of fused-ring (bicyclic) bond motifs is 3. The van der Waals surface area contributed by atoms with Crippen molar-refractivity contribution >= 4 is 34.8 Å². The Morgan fingerprint density at radius 2 is 2.07 bits per heavy atom. The Morgan fingerprint density at radius 3 is 2.70 bits per heavy atom. The zero-order chi connectivity index (χ0) is 21.4. The number of aromatic nitrogens is 1. The molecule has 1 unspecified atom stereocenters. The van der Waals surface area contributed by atoms with E-state index in [1.807, 2.05) is 0 Å². The van der Waals surface area contributed by atoms with Crippen LogP contribution in [0.2, 0.25) is 5.02 Å². The Kier molecular flexibility index (Phi) is 5.72. The van der Waals surface area contributed by atoms with Crippen molar-refractivity contribution in [3.63, 3.8) is 0 Å². The lowest BCUT2D eigenvalue weighted by Gasteiger charge is -2.57. The SMILES string of the molecule is CC1CC2(NC(=O)COc3ccc(Cl)c(F)c3)CCC1(NC(=O)c1cscn1)CC2. The van der Waals surface area contributed by atoms with Gasteiger partial charge in [-0.05, 0) is 50.2 Å². The minimum absolute atomic E-state index is 0.00874. The predicted molar refractivity (Wildman–Crippen MR) is 112 cm³/mol. The molecular formula is C21H23ClFN3O3S. The summed E-state index contributed by atoms with van der Waals surface area (Å²) in [6.07, 6.45) is 3.96. The van der Waals surface area contributed by atoms with E-state index in [0.717, 1.165) is 38.2 Å². The molecule has 0 saturated heterocycles. The molecule has 1 aromatic heterocycles. The lowest BCUT2D eigenvalue weighted by Crippen LogP contribution is -2.67. The maximum atomic E-state index is 13.5. The fourth-order valence-corrected chi connectivity index (χ4v) is 5.39. The molecule has 5 rings (SSSR count). The number of nitrogens with zero attached hydrogens (tertiary/aromatic N) is 1. The van der Waals surface area contributed by atoms with E-state index in [-0.39, 0.29) is 46.2 Å². The minimum Gasteiger partial charge on any atom is -0.484 e. The first-order valence-corrected chi connectivity index (χ1v) is 11.2. The summed E-state index contributed by atoms with van der Waals surface area (Å²) in [7, 11) is 0. The van der Waals surface area contributed by atoms with Gasteiger partial charge < -0.3 is 15.4 Å². The van der Waals surface area contributed by atoms with E-state index in [2.05, 4.69) is 22.5 Å². The molecule has 3 aliphatic carbocycles. The largest absolute Gasteiger partial charge is 0.484 e. The molecule has 6 nitrogen and oxygen atoms in total. The van der Waals surface area contributed by atoms with Gasteiger partial charge in [-0.1, -0.05) is 18.5 Å². The van der Waals surface area contributed by atoms with Crippen molar-refractivity contribution in [2.24, 2.45) is 5.92 Å². The number of rotatable bonds is 6. The van der Waals surface area contributed by atoms with Gasteiger partial charge in [0.25, 0.3) is 11.8 Å². The number of thiazole rings is 1. The van der Waals surface area contributed by atoms with Crippen LogP contribution in [0.25, 0.3) is 0 Å². The normalized spacial score (nSPS) is 27.5. The van der Waals surface area contributed by atoms with Crippen LogP contribution in [0.4, 0.5) is 4.39 Å². The Labute approximate surface area is 183 Å².